The first-order chi connectivity index (χ1) is 8.11. The van der Waals surface area contributed by atoms with Crippen LogP contribution in [0.2, 0.25) is 10.2 Å². The van der Waals surface area contributed by atoms with Gasteiger partial charge in [0.05, 0.1) is 12.1 Å². The topological polar surface area (TPSA) is 42.6 Å². The van der Waals surface area contributed by atoms with Crippen LogP contribution >= 0.6 is 23.2 Å². The van der Waals surface area contributed by atoms with Gasteiger partial charge in [0.2, 0.25) is 0 Å². The van der Waals surface area contributed by atoms with Crippen molar-refractivity contribution in [1.82, 2.24) is 0 Å². The molecule has 5 heteroatoms. The molecule has 0 saturated heterocycles. The van der Waals surface area contributed by atoms with Crippen LogP contribution in [-0.2, 0) is 0 Å². The molecule has 0 spiro atoms. The number of rotatable bonds is 3. The zero-order valence-electron chi connectivity index (χ0n) is 8.98. The molecule has 0 bridgehead atoms. The quantitative estimate of drug-likeness (QED) is 0.927. The molecule has 0 aliphatic carbocycles. The Kier molecular flexibility index (Phi) is 3.62. The lowest BCUT2D eigenvalue weighted by Crippen LogP contribution is -1.99. The third-order valence-corrected chi connectivity index (χ3v) is 2.90. The SMILES string of the molecule is COc1ccc(C(O)c2ccc(Cl)o2)c(Cl)c1. The fraction of sp³-hybridized carbons (Fsp3) is 0.167. The number of aliphatic hydroxyl groups is 1. The van der Waals surface area contributed by atoms with Crippen molar-refractivity contribution in [3.63, 3.8) is 0 Å². The minimum absolute atomic E-state index is 0.226. The first-order valence-corrected chi connectivity index (χ1v) is 5.64. The number of aliphatic hydroxyl groups excluding tert-OH is 1. The van der Waals surface area contributed by atoms with Crippen LogP contribution in [0.3, 0.4) is 0 Å². The highest BCUT2D eigenvalue weighted by Crippen LogP contribution is 2.32. The maximum absolute atomic E-state index is 10.1. The summed E-state index contributed by atoms with van der Waals surface area (Å²) in [6.45, 7) is 0. The largest absolute Gasteiger partial charge is 0.497 e. The highest BCUT2D eigenvalue weighted by molar-refractivity contribution is 6.31. The number of furan rings is 1. The summed E-state index contributed by atoms with van der Waals surface area (Å²) in [4.78, 5) is 0. The summed E-state index contributed by atoms with van der Waals surface area (Å²) in [7, 11) is 1.55. The van der Waals surface area contributed by atoms with Gasteiger partial charge >= 0.3 is 0 Å². The molecule has 1 aromatic carbocycles. The van der Waals surface area contributed by atoms with E-state index in [0.717, 1.165) is 0 Å². The average Bonchev–Trinajstić information content (AvgIpc) is 2.75. The van der Waals surface area contributed by atoms with Crippen molar-refractivity contribution < 1.29 is 14.3 Å². The van der Waals surface area contributed by atoms with E-state index in [1.54, 1.807) is 37.4 Å². The van der Waals surface area contributed by atoms with E-state index in [1.807, 2.05) is 0 Å². The summed E-state index contributed by atoms with van der Waals surface area (Å²) in [5.41, 5.74) is 0.540. The van der Waals surface area contributed by atoms with Gasteiger partial charge in [-0.15, -0.1) is 0 Å². The van der Waals surface area contributed by atoms with Gasteiger partial charge in [0.15, 0.2) is 5.22 Å². The van der Waals surface area contributed by atoms with E-state index >= 15 is 0 Å². The second kappa shape index (κ2) is 5.00. The summed E-state index contributed by atoms with van der Waals surface area (Å²) >= 11 is 11.7. The Bertz CT molecular complexity index is 522. The summed E-state index contributed by atoms with van der Waals surface area (Å²) < 4.78 is 10.2. The molecule has 17 heavy (non-hydrogen) atoms. The molecule has 90 valence electrons. The molecule has 0 radical (unpaired) electrons. The maximum atomic E-state index is 10.1. The van der Waals surface area contributed by atoms with E-state index in [2.05, 4.69) is 0 Å². The molecule has 0 aliphatic rings. The van der Waals surface area contributed by atoms with Gasteiger partial charge in [0.1, 0.15) is 17.6 Å². The van der Waals surface area contributed by atoms with Crippen LogP contribution in [0.25, 0.3) is 0 Å². The number of hydrogen-bond donors (Lipinski definition) is 1. The number of methoxy groups -OCH3 is 1. The molecule has 0 fully saturated rings. The average molecular weight is 273 g/mol. The lowest BCUT2D eigenvalue weighted by Gasteiger charge is -2.11. The van der Waals surface area contributed by atoms with E-state index in [9.17, 15) is 5.11 Å². The standard InChI is InChI=1S/C12H10Cl2O3/c1-16-7-2-3-8(9(13)6-7)12(15)10-4-5-11(14)17-10/h2-6,12,15H,1H3. The van der Waals surface area contributed by atoms with Gasteiger partial charge in [-0.05, 0) is 35.9 Å². The number of ether oxygens (including phenoxy) is 1. The number of benzene rings is 1. The highest BCUT2D eigenvalue weighted by atomic mass is 35.5. The van der Waals surface area contributed by atoms with Gasteiger partial charge in [0.25, 0.3) is 0 Å². The van der Waals surface area contributed by atoms with Crippen molar-refractivity contribution in [1.29, 1.82) is 0 Å². The van der Waals surface area contributed by atoms with Crippen molar-refractivity contribution in [2.75, 3.05) is 7.11 Å². The lowest BCUT2D eigenvalue weighted by atomic mass is 10.1. The predicted octanol–water partition coefficient (Wildman–Crippen LogP) is 3.68. The first-order valence-electron chi connectivity index (χ1n) is 4.88. The second-order valence-corrected chi connectivity index (χ2v) is 4.21. The third kappa shape index (κ3) is 2.57. The molecule has 2 aromatic rings. The fourth-order valence-corrected chi connectivity index (χ4v) is 1.91. The molecule has 0 aliphatic heterocycles. The van der Waals surface area contributed by atoms with Gasteiger partial charge in [0, 0.05) is 5.56 Å². The minimum Gasteiger partial charge on any atom is -0.497 e. The molecule has 3 nitrogen and oxygen atoms in total. The van der Waals surface area contributed by atoms with Gasteiger partial charge in [-0.1, -0.05) is 17.7 Å². The molecule has 1 N–H and O–H groups in total. The Morgan fingerprint density at radius 3 is 2.53 bits per heavy atom. The zero-order chi connectivity index (χ0) is 12.4. The Labute approximate surface area is 109 Å². The fourth-order valence-electron chi connectivity index (χ4n) is 1.49. The Morgan fingerprint density at radius 2 is 2.00 bits per heavy atom. The van der Waals surface area contributed by atoms with Crippen molar-refractivity contribution in [2.24, 2.45) is 0 Å². The normalized spacial score (nSPS) is 12.5. The third-order valence-electron chi connectivity index (χ3n) is 2.37. The molecule has 0 saturated carbocycles. The van der Waals surface area contributed by atoms with E-state index in [0.29, 0.717) is 22.1 Å². The highest BCUT2D eigenvalue weighted by Gasteiger charge is 2.17. The van der Waals surface area contributed by atoms with E-state index in [1.165, 1.54) is 0 Å². The Morgan fingerprint density at radius 1 is 1.24 bits per heavy atom. The molecule has 1 atom stereocenters. The number of hydrogen-bond acceptors (Lipinski definition) is 3. The molecule has 1 unspecified atom stereocenters. The summed E-state index contributed by atoms with van der Waals surface area (Å²) in [5.74, 6) is 0.977. The molecular weight excluding hydrogens is 263 g/mol. The predicted molar refractivity (Wildman–Crippen MR) is 65.8 cm³/mol. The summed E-state index contributed by atoms with van der Waals surface area (Å²) in [5, 5.41) is 10.7. The van der Waals surface area contributed by atoms with Crippen molar-refractivity contribution in [3.05, 3.63) is 51.9 Å². The Balaban J connectivity index is 2.34. The number of halogens is 2. The second-order valence-electron chi connectivity index (χ2n) is 3.43. The lowest BCUT2D eigenvalue weighted by molar-refractivity contribution is 0.189. The van der Waals surface area contributed by atoms with Gasteiger partial charge in [-0.2, -0.15) is 0 Å². The van der Waals surface area contributed by atoms with Crippen LogP contribution in [0, 0.1) is 0 Å². The summed E-state index contributed by atoms with van der Waals surface area (Å²) in [6.07, 6.45) is -0.944. The van der Waals surface area contributed by atoms with Crippen molar-refractivity contribution in [2.45, 2.75) is 6.10 Å². The smallest absolute Gasteiger partial charge is 0.193 e. The van der Waals surface area contributed by atoms with Crippen LogP contribution in [0.4, 0.5) is 0 Å². The van der Waals surface area contributed by atoms with Gasteiger partial charge in [-0.3, -0.25) is 0 Å². The zero-order valence-corrected chi connectivity index (χ0v) is 10.5. The monoisotopic (exact) mass is 272 g/mol. The van der Waals surface area contributed by atoms with Crippen LogP contribution in [0.1, 0.15) is 17.4 Å². The van der Waals surface area contributed by atoms with E-state index in [-0.39, 0.29) is 5.22 Å². The van der Waals surface area contributed by atoms with E-state index in [4.69, 9.17) is 32.4 Å². The molecular formula is C12H10Cl2O3. The Hall–Kier alpha value is -1.16. The van der Waals surface area contributed by atoms with E-state index < -0.39 is 6.10 Å². The molecule has 1 aromatic heterocycles. The van der Waals surface area contributed by atoms with Crippen molar-refractivity contribution in [3.8, 4) is 5.75 Å². The maximum Gasteiger partial charge on any atom is 0.193 e. The van der Waals surface area contributed by atoms with Crippen LogP contribution in [0.5, 0.6) is 5.75 Å². The van der Waals surface area contributed by atoms with Gasteiger partial charge in [-0.25, -0.2) is 0 Å². The molecule has 2 rings (SSSR count). The summed E-state index contributed by atoms with van der Waals surface area (Å²) in [6, 6.07) is 8.20. The minimum atomic E-state index is -0.944. The molecule has 1 heterocycles. The van der Waals surface area contributed by atoms with Crippen LogP contribution in [-0.4, -0.2) is 12.2 Å². The van der Waals surface area contributed by atoms with Crippen LogP contribution in [0.15, 0.2) is 34.7 Å². The van der Waals surface area contributed by atoms with Gasteiger partial charge < -0.3 is 14.3 Å². The first kappa shape index (κ1) is 12.3. The van der Waals surface area contributed by atoms with Crippen LogP contribution < -0.4 is 4.74 Å². The van der Waals surface area contributed by atoms with Crippen molar-refractivity contribution >= 4 is 23.2 Å². The molecule has 0 amide bonds.